The zero-order valence-corrected chi connectivity index (χ0v) is 12.7. The van der Waals surface area contributed by atoms with Gasteiger partial charge in [0.25, 0.3) is 0 Å². The van der Waals surface area contributed by atoms with Crippen LogP contribution in [0.5, 0.6) is 0 Å². The first-order chi connectivity index (χ1) is 9.25. The number of halogens is 1. The number of carbonyl (C=O) groups is 1. The van der Waals surface area contributed by atoms with Crippen molar-refractivity contribution >= 4 is 40.6 Å². The zero-order valence-electron chi connectivity index (χ0n) is 10.3. The van der Waals surface area contributed by atoms with Crippen molar-refractivity contribution in [1.82, 2.24) is 5.32 Å². The summed E-state index contributed by atoms with van der Waals surface area (Å²) in [5, 5.41) is 5.67. The number of amides is 1. The Morgan fingerprint density at radius 2 is 2.11 bits per heavy atom. The van der Waals surface area contributed by atoms with Crippen molar-refractivity contribution in [2.24, 2.45) is 0 Å². The van der Waals surface area contributed by atoms with Crippen LogP contribution in [0.2, 0.25) is 5.02 Å². The number of benzene rings is 1. The Labute approximate surface area is 126 Å². The average Bonchev–Trinajstić information content (AvgIpc) is 2.92. The van der Waals surface area contributed by atoms with E-state index in [1.54, 1.807) is 23.1 Å². The molecular weight excluding hydrogens is 298 g/mol. The van der Waals surface area contributed by atoms with Gasteiger partial charge in [0, 0.05) is 15.7 Å². The van der Waals surface area contributed by atoms with Gasteiger partial charge in [-0.15, -0.1) is 23.1 Å². The Morgan fingerprint density at radius 3 is 2.84 bits per heavy atom. The van der Waals surface area contributed by atoms with Crippen LogP contribution >= 0.6 is 34.7 Å². The van der Waals surface area contributed by atoms with E-state index in [0.29, 0.717) is 12.3 Å². The third-order valence-corrected chi connectivity index (χ3v) is 4.72. The summed E-state index contributed by atoms with van der Waals surface area (Å²) in [6.07, 6.45) is 0. The standard InChI is InChI=1S/C14H14ClNOS2/c15-13-6-2-1-4-11(13)9-18-10-14(17)16-8-12-5-3-7-19-12/h1-7H,8-10H2,(H,16,17). The predicted molar refractivity (Wildman–Crippen MR) is 83.8 cm³/mol. The lowest BCUT2D eigenvalue weighted by Crippen LogP contribution is -2.24. The largest absolute Gasteiger partial charge is 0.350 e. The molecule has 19 heavy (non-hydrogen) atoms. The number of rotatable bonds is 6. The van der Waals surface area contributed by atoms with Crippen LogP contribution in [-0.2, 0) is 17.1 Å². The van der Waals surface area contributed by atoms with Gasteiger partial charge in [-0.1, -0.05) is 35.9 Å². The third kappa shape index (κ3) is 4.90. The van der Waals surface area contributed by atoms with Gasteiger partial charge < -0.3 is 5.32 Å². The summed E-state index contributed by atoms with van der Waals surface area (Å²) in [7, 11) is 0. The minimum absolute atomic E-state index is 0.0606. The molecule has 1 heterocycles. The first kappa shape index (κ1) is 14.4. The van der Waals surface area contributed by atoms with Crippen molar-refractivity contribution in [3.8, 4) is 0 Å². The van der Waals surface area contributed by atoms with Crippen LogP contribution < -0.4 is 5.32 Å². The smallest absolute Gasteiger partial charge is 0.230 e. The van der Waals surface area contributed by atoms with E-state index in [2.05, 4.69) is 5.32 Å². The van der Waals surface area contributed by atoms with E-state index in [4.69, 9.17) is 11.6 Å². The van der Waals surface area contributed by atoms with Gasteiger partial charge in [0.15, 0.2) is 0 Å². The third-order valence-electron chi connectivity index (χ3n) is 2.49. The Kier molecular flexibility index (Phi) is 5.76. The van der Waals surface area contributed by atoms with E-state index in [9.17, 15) is 4.79 Å². The molecule has 0 unspecified atom stereocenters. The van der Waals surface area contributed by atoms with Gasteiger partial charge in [0.05, 0.1) is 12.3 Å². The molecule has 0 bridgehead atoms. The van der Waals surface area contributed by atoms with Gasteiger partial charge in [0.2, 0.25) is 5.91 Å². The van der Waals surface area contributed by atoms with Gasteiger partial charge in [-0.2, -0.15) is 0 Å². The monoisotopic (exact) mass is 311 g/mol. The number of hydrogen-bond acceptors (Lipinski definition) is 3. The lowest BCUT2D eigenvalue weighted by atomic mass is 10.2. The van der Waals surface area contributed by atoms with Crippen molar-refractivity contribution in [3.05, 3.63) is 57.2 Å². The summed E-state index contributed by atoms with van der Waals surface area (Å²) in [6.45, 7) is 0.614. The van der Waals surface area contributed by atoms with Gasteiger partial charge in [-0.25, -0.2) is 0 Å². The highest BCUT2D eigenvalue weighted by atomic mass is 35.5. The van der Waals surface area contributed by atoms with Gasteiger partial charge in [-0.3, -0.25) is 4.79 Å². The second-order valence-corrected chi connectivity index (χ2v) is 6.37. The molecule has 5 heteroatoms. The fourth-order valence-electron chi connectivity index (χ4n) is 1.52. The van der Waals surface area contributed by atoms with E-state index in [1.807, 2.05) is 41.8 Å². The zero-order chi connectivity index (χ0) is 13.5. The first-order valence-corrected chi connectivity index (χ1v) is 8.27. The molecule has 0 saturated carbocycles. The molecule has 0 saturated heterocycles. The molecule has 0 aliphatic rings. The summed E-state index contributed by atoms with van der Waals surface area (Å²) in [6, 6.07) is 11.7. The van der Waals surface area contributed by atoms with Crippen LogP contribution in [0, 0.1) is 0 Å². The molecule has 0 aliphatic carbocycles. The molecule has 2 nitrogen and oxygen atoms in total. The van der Waals surface area contributed by atoms with Crippen molar-refractivity contribution in [3.63, 3.8) is 0 Å². The van der Waals surface area contributed by atoms with Gasteiger partial charge >= 0.3 is 0 Å². The summed E-state index contributed by atoms with van der Waals surface area (Å²) in [5.74, 6) is 1.27. The SMILES string of the molecule is O=C(CSCc1ccccc1Cl)NCc1cccs1. The maximum absolute atomic E-state index is 11.7. The van der Waals surface area contributed by atoms with E-state index in [-0.39, 0.29) is 5.91 Å². The van der Waals surface area contributed by atoms with E-state index >= 15 is 0 Å². The minimum Gasteiger partial charge on any atom is -0.350 e. The molecule has 2 rings (SSSR count). The summed E-state index contributed by atoms with van der Waals surface area (Å²) in [5.41, 5.74) is 1.07. The maximum Gasteiger partial charge on any atom is 0.230 e. The molecule has 100 valence electrons. The average molecular weight is 312 g/mol. The number of carbonyl (C=O) groups excluding carboxylic acids is 1. The quantitative estimate of drug-likeness (QED) is 0.875. The Balaban J connectivity index is 1.68. The van der Waals surface area contributed by atoms with E-state index in [1.165, 1.54) is 4.88 Å². The molecule has 1 aromatic carbocycles. The molecule has 0 radical (unpaired) electrons. The molecule has 0 fully saturated rings. The molecule has 1 amide bonds. The number of nitrogens with one attached hydrogen (secondary N) is 1. The van der Waals surface area contributed by atoms with Crippen molar-refractivity contribution in [2.45, 2.75) is 12.3 Å². The Hall–Kier alpha value is -0.970. The fourth-order valence-corrected chi connectivity index (χ4v) is 3.31. The first-order valence-electron chi connectivity index (χ1n) is 5.86. The number of hydrogen-bond donors (Lipinski definition) is 1. The van der Waals surface area contributed by atoms with Crippen LogP contribution in [0.15, 0.2) is 41.8 Å². The minimum atomic E-state index is 0.0606. The van der Waals surface area contributed by atoms with Crippen LogP contribution in [0.4, 0.5) is 0 Å². The second-order valence-electron chi connectivity index (χ2n) is 3.94. The summed E-state index contributed by atoms with van der Waals surface area (Å²) < 4.78 is 0. The Morgan fingerprint density at radius 1 is 1.26 bits per heavy atom. The molecule has 0 aliphatic heterocycles. The van der Waals surface area contributed by atoms with Crippen LogP contribution in [-0.4, -0.2) is 11.7 Å². The molecule has 1 aromatic heterocycles. The topological polar surface area (TPSA) is 29.1 Å². The normalized spacial score (nSPS) is 10.4. The van der Waals surface area contributed by atoms with E-state index in [0.717, 1.165) is 16.3 Å². The highest BCUT2D eigenvalue weighted by molar-refractivity contribution is 7.99. The van der Waals surface area contributed by atoms with Gasteiger partial charge in [0.1, 0.15) is 0 Å². The number of thioether (sulfide) groups is 1. The maximum atomic E-state index is 11.7. The Bertz CT molecular complexity index is 528. The van der Waals surface area contributed by atoms with E-state index < -0.39 is 0 Å². The molecule has 1 N–H and O–H groups in total. The molecule has 0 spiro atoms. The summed E-state index contributed by atoms with van der Waals surface area (Å²) >= 11 is 9.28. The van der Waals surface area contributed by atoms with Crippen LogP contribution in [0.1, 0.15) is 10.4 Å². The van der Waals surface area contributed by atoms with Crippen molar-refractivity contribution in [2.75, 3.05) is 5.75 Å². The van der Waals surface area contributed by atoms with Crippen molar-refractivity contribution < 1.29 is 4.79 Å². The highest BCUT2D eigenvalue weighted by Crippen LogP contribution is 2.20. The molecule has 2 aromatic rings. The lowest BCUT2D eigenvalue weighted by Gasteiger charge is -2.05. The fraction of sp³-hybridized carbons (Fsp3) is 0.214. The predicted octanol–water partition coefficient (Wildman–Crippen LogP) is 3.95. The summed E-state index contributed by atoms with van der Waals surface area (Å²) in [4.78, 5) is 12.8. The second kappa shape index (κ2) is 7.58. The number of thiophene rings is 1. The lowest BCUT2D eigenvalue weighted by molar-refractivity contribution is -0.118. The van der Waals surface area contributed by atoms with Gasteiger partial charge in [-0.05, 0) is 23.1 Å². The molecular formula is C14H14ClNOS2. The highest BCUT2D eigenvalue weighted by Gasteiger charge is 2.04. The van der Waals surface area contributed by atoms with Crippen LogP contribution in [0.25, 0.3) is 0 Å². The van der Waals surface area contributed by atoms with Crippen molar-refractivity contribution in [1.29, 1.82) is 0 Å². The molecule has 0 atom stereocenters. The van der Waals surface area contributed by atoms with Crippen LogP contribution in [0.3, 0.4) is 0 Å².